The summed E-state index contributed by atoms with van der Waals surface area (Å²) in [7, 11) is 0. The molecule has 0 aromatic heterocycles. The highest BCUT2D eigenvalue weighted by Gasteiger charge is 2.04. The van der Waals surface area contributed by atoms with Crippen LogP contribution in [0.2, 0.25) is 0 Å². The van der Waals surface area contributed by atoms with E-state index < -0.39 is 0 Å². The zero-order chi connectivity index (χ0) is 12.1. The molecule has 0 saturated carbocycles. The van der Waals surface area contributed by atoms with Crippen molar-refractivity contribution in [3.63, 3.8) is 0 Å². The summed E-state index contributed by atoms with van der Waals surface area (Å²) in [6.07, 6.45) is 0. The molecule has 2 nitrogen and oxygen atoms in total. The number of hydrogen-bond donors (Lipinski definition) is 2. The molecule has 0 amide bonds. The molecule has 0 saturated heterocycles. The fourth-order valence-corrected chi connectivity index (χ4v) is 2.76. The molecule has 2 aromatic rings. The fraction of sp³-hybridized carbons (Fsp3) is 0.286. The van der Waals surface area contributed by atoms with Crippen molar-refractivity contribution >= 4 is 22.5 Å². The summed E-state index contributed by atoms with van der Waals surface area (Å²) in [5.74, 6) is 1.40. The number of benzene rings is 2. The second-order valence-electron chi connectivity index (χ2n) is 3.83. The molecule has 0 aliphatic heterocycles. The van der Waals surface area contributed by atoms with Crippen molar-refractivity contribution in [2.75, 3.05) is 18.8 Å². The predicted molar refractivity (Wildman–Crippen MR) is 74.9 cm³/mol. The van der Waals surface area contributed by atoms with Crippen LogP contribution >= 0.6 is 11.8 Å². The number of hydrogen-bond acceptors (Lipinski definition) is 3. The lowest BCUT2D eigenvalue weighted by atomic mass is 10.1. The molecule has 2 rings (SSSR count). The molecule has 0 fully saturated rings. The van der Waals surface area contributed by atoms with E-state index in [-0.39, 0.29) is 0 Å². The van der Waals surface area contributed by atoms with Gasteiger partial charge in [0.1, 0.15) is 5.75 Å². The number of phenolic OH excluding ortho intramolecular Hbond substituents is 1. The molecule has 2 aromatic carbocycles. The van der Waals surface area contributed by atoms with Crippen molar-refractivity contribution in [1.82, 2.24) is 5.32 Å². The topological polar surface area (TPSA) is 32.3 Å². The molecule has 0 aliphatic rings. The van der Waals surface area contributed by atoms with Crippen molar-refractivity contribution < 1.29 is 5.11 Å². The molecule has 17 heavy (non-hydrogen) atoms. The molecular weight excluding hydrogens is 230 g/mol. The third-order valence-corrected chi connectivity index (χ3v) is 3.72. The van der Waals surface area contributed by atoms with Crippen molar-refractivity contribution in [3.8, 4) is 5.75 Å². The van der Waals surface area contributed by atoms with E-state index in [0.717, 1.165) is 29.6 Å². The Labute approximate surface area is 106 Å². The molecule has 0 atom stereocenters. The summed E-state index contributed by atoms with van der Waals surface area (Å²) < 4.78 is 0. The number of rotatable bonds is 5. The molecule has 2 N–H and O–H groups in total. The molecule has 0 heterocycles. The van der Waals surface area contributed by atoms with Crippen molar-refractivity contribution in [1.29, 1.82) is 0 Å². The largest absolute Gasteiger partial charge is 0.507 e. The summed E-state index contributed by atoms with van der Waals surface area (Å²) in [6, 6.07) is 11.8. The van der Waals surface area contributed by atoms with Crippen LogP contribution in [-0.4, -0.2) is 23.9 Å². The number of thioether (sulfide) groups is 1. The minimum absolute atomic E-state index is 0.358. The second kappa shape index (κ2) is 5.94. The van der Waals surface area contributed by atoms with Gasteiger partial charge in [0.15, 0.2) is 0 Å². The van der Waals surface area contributed by atoms with Gasteiger partial charge in [-0.25, -0.2) is 0 Å². The fourth-order valence-electron chi connectivity index (χ4n) is 1.79. The lowest BCUT2D eigenvalue weighted by Gasteiger charge is -2.08. The lowest BCUT2D eigenvalue weighted by Crippen LogP contribution is -2.15. The standard InChI is InChI=1S/C14H17NOS/c1-2-15-9-10-17-14-8-7-13(16)11-5-3-4-6-12(11)14/h3-8,15-16H,2,9-10H2,1H3. The van der Waals surface area contributed by atoms with Gasteiger partial charge < -0.3 is 10.4 Å². The monoisotopic (exact) mass is 247 g/mol. The predicted octanol–water partition coefficient (Wildman–Crippen LogP) is 3.25. The number of phenols is 1. The van der Waals surface area contributed by atoms with Crippen molar-refractivity contribution in [2.24, 2.45) is 0 Å². The van der Waals surface area contributed by atoms with Crippen LogP contribution in [0.1, 0.15) is 6.92 Å². The maximum atomic E-state index is 9.78. The van der Waals surface area contributed by atoms with Crippen molar-refractivity contribution in [2.45, 2.75) is 11.8 Å². The van der Waals surface area contributed by atoms with Crippen molar-refractivity contribution in [3.05, 3.63) is 36.4 Å². The average molecular weight is 247 g/mol. The Kier molecular flexibility index (Phi) is 4.29. The molecule has 0 unspecified atom stereocenters. The summed E-state index contributed by atoms with van der Waals surface area (Å²) in [4.78, 5) is 1.23. The third kappa shape index (κ3) is 2.93. The minimum atomic E-state index is 0.358. The smallest absolute Gasteiger partial charge is 0.123 e. The number of aromatic hydroxyl groups is 1. The van der Waals surface area contributed by atoms with Gasteiger partial charge in [0.25, 0.3) is 0 Å². The Hall–Kier alpha value is -1.19. The van der Waals surface area contributed by atoms with Gasteiger partial charge in [0, 0.05) is 22.6 Å². The van der Waals surface area contributed by atoms with Crippen LogP contribution in [0.25, 0.3) is 10.8 Å². The Bertz CT molecular complexity index is 499. The number of nitrogens with one attached hydrogen (secondary N) is 1. The molecule has 0 bridgehead atoms. The summed E-state index contributed by atoms with van der Waals surface area (Å²) in [5, 5.41) is 15.2. The Morgan fingerprint density at radius 3 is 2.65 bits per heavy atom. The third-order valence-electron chi connectivity index (χ3n) is 2.65. The van der Waals surface area contributed by atoms with E-state index in [1.165, 1.54) is 4.90 Å². The normalized spacial score (nSPS) is 10.9. The van der Waals surface area contributed by atoms with E-state index in [1.807, 2.05) is 36.0 Å². The van der Waals surface area contributed by atoms with Crippen LogP contribution in [0.4, 0.5) is 0 Å². The SMILES string of the molecule is CCNCCSc1ccc(O)c2ccccc12. The van der Waals surface area contributed by atoms with Gasteiger partial charge in [-0.2, -0.15) is 0 Å². The zero-order valence-corrected chi connectivity index (χ0v) is 10.8. The van der Waals surface area contributed by atoms with Gasteiger partial charge in [0.05, 0.1) is 0 Å². The van der Waals surface area contributed by atoms with Crippen LogP contribution in [0.15, 0.2) is 41.3 Å². The molecular formula is C14H17NOS. The van der Waals surface area contributed by atoms with Gasteiger partial charge in [0.2, 0.25) is 0 Å². The Balaban J connectivity index is 2.20. The van der Waals surface area contributed by atoms with Gasteiger partial charge in [-0.15, -0.1) is 11.8 Å². The highest BCUT2D eigenvalue weighted by Crippen LogP contribution is 2.32. The molecule has 0 spiro atoms. The van der Waals surface area contributed by atoms with E-state index in [2.05, 4.69) is 18.3 Å². The summed E-state index contributed by atoms with van der Waals surface area (Å²) in [5.41, 5.74) is 0. The quantitative estimate of drug-likeness (QED) is 0.628. The zero-order valence-electron chi connectivity index (χ0n) is 9.94. The lowest BCUT2D eigenvalue weighted by molar-refractivity contribution is 0.481. The molecule has 90 valence electrons. The summed E-state index contributed by atoms with van der Waals surface area (Å²) in [6.45, 7) is 4.13. The molecule has 0 aliphatic carbocycles. The highest BCUT2D eigenvalue weighted by atomic mass is 32.2. The van der Waals surface area contributed by atoms with Crippen LogP contribution in [-0.2, 0) is 0 Å². The Morgan fingerprint density at radius 2 is 1.88 bits per heavy atom. The first-order valence-electron chi connectivity index (χ1n) is 5.87. The van der Waals surface area contributed by atoms with Crippen LogP contribution in [0.5, 0.6) is 5.75 Å². The highest BCUT2D eigenvalue weighted by molar-refractivity contribution is 7.99. The van der Waals surface area contributed by atoms with Crippen LogP contribution in [0.3, 0.4) is 0 Å². The van der Waals surface area contributed by atoms with Crippen LogP contribution < -0.4 is 5.32 Å². The molecule has 0 radical (unpaired) electrons. The van der Waals surface area contributed by atoms with E-state index in [9.17, 15) is 5.11 Å². The molecule has 3 heteroatoms. The van der Waals surface area contributed by atoms with Gasteiger partial charge in [-0.3, -0.25) is 0 Å². The second-order valence-corrected chi connectivity index (χ2v) is 4.97. The maximum Gasteiger partial charge on any atom is 0.123 e. The van der Waals surface area contributed by atoms with E-state index in [0.29, 0.717) is 5.75 Å². The first-order valence-corrected chi connectivity index (χ1v) is 6.85. The maximum absolute atomic E-state index is 9.78. The van der Waals surface area contributed by atoms with Crippen LogP contribution in [0, 0.1) is 0 Å². The van der Waals surface area contributed by atoms with Gasteiger partial charge in [-0.1, -0.05) is 31.2 Å². The van der Waals surface area contributed by atoms with E-state index in [1.54, 1.807) is 6.07 Å². The average Bonchev–Trinajstić information content (AvgIpc) is 2.37. The Morgan fingerprint density at radius 1 is 1.12 bits per heavy atom. The van der Waals surface area contributed by atoms with E-state index in [4.69, 9.17) is 0 Å². The van der Waals surface area contributed by atoms with Gasteiger partial charge in [-0.05, 0) is 24.1 Å². The number of fused-ring (bicyclic) bond motifs is 1. The first-order chi connectivity index (χ1) is 8.33. The summed E-state index contributed by atoms with van der Waals surface area (Å²) >= 11 is 1.82. The first kappa shape index (κ1) is 12.3. The van der Waals surface area contributed by atoms with Gasteiger partial charge >= 0.3 is 0 Å². The van der Waals surface area contributed by atoms with E-state index >= 15 is 0 Å². The minimum Gasteiger partial charge on any atom is -0.507 e.